The van der Waals surface area contributed by atoms with Crippen LogP contribution in [0, 0.1) is 11.8 Å². The van der Waals surface area contributed by atoms with Crippen molar-refractivity contribution in [3.8, 4) is 0 Å². The monoisotopic (exact) mass is 497 g/mol. The van der Waals surface area contributed by atoms with E-state index in [1.54, 1.807) is 36.4 Å². The highest BCUT2D eigenvalue weighted by Gasteiger charge is 2.78. The standard InChI is InChI=1S/C26H28ClN3O5/c1-2-25-12-13-26(35-25)20(19(25)22(32)28-16-8-4-3-5-9-16)24(34)30(14-15-31)21(26)23(33)29-18-11-7-6-10-17(18)27/h3-11,19-21,31H,2,12-15H2,1H3,(H,28,32)(H,29,33)/t19-,20-,21?,25+,26?/m0/s1. The van der Waals surface area contributed by atoms with Crippen molar-refractivity contribution < 1.29 is 24.2 Å². The first-order chi connectivity index (χ1) is 16.9. The van der Waals surface area contributed by atoms with Crippen LogP contribution in [0.25, 0.3) is 0 Å². The van der Waals surface area contributed by atoms with Crippen molar-refractivity contribution in [2.45, 2.75) is 43.4 Å². The summed E-state index contributed by atoms with van der Waals surface area (Å²) >= 11 is 6.26. The summed E-state index contributed by atoms with van der Waals surface area (Å²) in [5.74, 6) is -2.67. The molecule has 3 N–H and O–H groups in total. The zero-order valence-electron chi connectivity index (χ0n) is 19.4. The molecule has 3 heterocycles. The number of carbonyl (C=O) groups excluding carboxylic acids is 3. The van der Waals surface area contributed by atoms with E-state index in [9.17, 15) is 19.5 Å². The van der Waals surface area contributed by atoms with Crippen molar-refractivity contribution in [1.29, 1.82) is 0 Å². The number of aliphatic hydroxyl groups excluding tert-OH is 1. The highest BCUT2D eigenvalue weighted by molar-refractivity contribution is 6.33. The first kappa shape index (κ1) is 23.8. The summed E-state index contributed by atoms with van der Waals surface area (Å²) in [4.78, 5) is 42.4. The van der Waals surface area contributed by atoms with Crippen LogP contribution in [0.4, 0.5) is 11.4 Å². The van der Waals surface area contributed by atoms with Gasteiger partial charge in [-0.3, -0.25) is 14.4 Å². The molecule has 2 aromatic carbocycles. The Kier molecular flexibility index (Phi) is 6.07. The molecule has 2 bridgehead atoms. The molecule has 2 aromatic rings. The molecule has 0 radical (unpaired) electrons. The van der Waals surface area contributed by atoms with Crippen LogP contribution >= 0.6 is 11.6 Å². The zero-order chi connectivity index (χ0) is 24.8. The molecule has 3 saturated heterocycles. The van der Waals surface area contributed by atoms with Crippen molar-refractivity contribution in [3.63, 3.8) is 0 Å². The molecule has 9 heteroatoms. The summed E-state index contributed by atoms with van der Waals surface area (Å²) in [5.41, 5.74) is -0.947. The molecule has 1 spiro atoms. The van der Waals surface area contributed by atoms with Crippen LogP contribution in [0.2, 0.25) is 5.02 Å². The van der Waals surface area contributed by atoms with Gasteiger partial charge in [0.1, 0.15) is 11.6 Å². The van der Waals surface area contributed by atoms with E-state index in [-0.39, 0.29) is 25.0 Å². The number of hydrogen-bond donors (Lipinski definition) is 3. The number of nitrogens with zero attached hydrogens (tertiary/aromatic N) is 1. The lowest BCUT2D eigenvalue weighted by molar-refractivity contribution is -0.144. The van der Waals surface area contributed by atoms with Crippen molar-refractivity contribution in [3.05, 3.63) is 59.6 Å². The van der Waals surface area contributed by atoms with Gasteiger partial charge in [0.05, 0.1) is 34.8 Å². The summed E-state index contributed by atoms with van der Waals surface area (Å²) in [7, 11) is 0. The summed E-state index contributed by atoms with van der Waals surface area (Å²) in [6.45, 7) is 1.59. The van der Waals surface area contributed by atoms with Gasteiger partial charge in [0.15, 0.2) is 0 Å². The van der Waals surface area contributed by atoms with Crippen LogP contribution in [0.3, 0.4) is 0 Å². The van der Waals surface area contributed by atoms with Gasteiger partial charge in [-0.15, -0.1) is 0 Å². The predicted octanol–water partition coefficient (Wildman–Crippen LogP) is 3.06. The Balaban J connectivity index is 1.52. The molecule has 3 fully saturated rings. The number of para-hydroxylation sites is 2. The third-order valence-electron chi connectivity index (χ3n) is 7.73. The van der Waals surface area contributed by atoms with Gasteiger partial charge in [-0.2, -0.15) is 0 Å². The van der Waals surface area contributed by atoms with E-state index in [2.05, 4.69) is 10.6 Å². The number of likely N-dealkylation sites (tertiary alicyclic amines) is 1. The van der Waals surface area contributed by atoms with Crippen molar-refractivity contribution in [2.24, 2.45) is 11.8 Å². The van der Waals surface area contributed by atoms with Gasteiger partial charge >= 0.3 is 0 Å². The van der Waals surface area contributed by atoms with Crippen LogP contribution in [0.5, 0.6) is 0 Å². The molecular formula is C26H28ClN3O5. The van der Waals surface area contributed by atoms with E-state index in [1.807, 2.05) is 25.1 Å². The van der Waals surface area contributed by atoms with Crippen LogP contribution in [-0.4, -0.2) is 58.1 Å². The number of rotatable bonds is 7. The number of amides is 3. The van der Waals surface area contributed by atoms with Crippen molar-refractivity contribution >= 4 is 40.7 Å². The SMILES string of the molecule is CC[C@]12CCC3(O1)C(C(=O)Nc1ccccc1Cl)N(CCO)C(=O)[C@@H]3[C@H]2C(=O)Nc1ccccc1. The molecule has 35 heavy (non-hydrogen) atoms. The quantitative estimate of drug-likeness (QED) is 0.545. The van der Waals surface area contributed by atoms with Crippen LogP contribution in [-0.2, 0) is 19.1 Å². The number of halogens is 1. The molecule has 2 unspecified atom stereocenters. The molecular weight excluding hydrogens is 470 g/mol. The third-order valence-corrected chi connectivity index (χ3v) is 8.06. The Morgan fingerprint density at radius 3 is 2.49 bits per heavy atom. The lowest BCUT2D eigenvalue weighted by Gasteiger charge is -2.33. The second kappa shape index (κ2) is 8.93. The fourth-order valence-corrected chi connectivity index (χ4v) is 6.45. The highest BCUT2D eigenvalue weighted by atomic mass is 35.5. The Morgan fingerprint density at radius 1 is 1.09 bits per heavy atom. The number of nitrogens with one attached hydrogen (secondary N) is 2. The van der Waals surface area contributed by atoms with Gasteiger partial charge in [-0.05, 0) is 43.5 Å². The molecule has 5 atom stereocenters. The molecule has 184 valence electrons. The topological polar surface area (TPSA) is 108 Å². The summed E-state index contributed by atoms with van der Waals surface area (Å²) in [6.07, 6.45) is 1.56. The second-order valence-corrected chi connectivity index (χ2v) is 9.82. The third kappa shape index (κ3) is 3.63. The smallest absolute Gasteiger partial charge is 0.250 e. The molecule has 3 amide bonds. The van der Waals surface area contributed by atoms with Crippen LogP contribution in [0.1, 0.15) is 26.2 Å². The number of carbonyl (C=O) groups is 3. The number of hydrogen-bond acceptors (Lipinski definition) is 5. The first-order valence-electron chi connectivity index (χ1n) is 11.9. The maximum atomic E-state index is 13.8. The first-order valence-corrected chi connectivity index (χ1v) is 12.3. The van der Waals surface area contributed by atoms with E-state index in [0.717, 1.165) is 0 Å². The lowest BCUT2D eigenvalue weighted by atomic mass is 9.65. The number of fused-ring (bicyclic) bond motifs is 1. The lowest BCUT2D eigenvalue weighted by Crippen LogP contribution is -2.53. The van der Waals surface area contributed by atoms with Crippen molar-refractivity contribution in [1.82, 2.24) is 4.90 Å². The second-order valence-electron chi connectivity index (χ2n) is 9.41. The fourth-order valence-electron chi connectivity index (χ4n) is 6.27. The van der Waals surface area contributed by atoms with Gasteiger partial charge < -0.3 is 25.4 Å². The van der Waals surface area contributed by atoms with Gasteiger partial charge in [0.25, 0.3) is 0 Å². The van der Waals surface area contributed by atoms with E-state index in [0.29, 0.717) is 35.7 Å². The Bertz CT molecular complexity index is 1160. The molecule has 8 nitrogen and oxygen atoms in total. The maximum Gasteiger partial charge on any atom is 0.250 e. The molecule has 0 aromatic heterocycles. The van der Waals surface area contributed by atoms with Crippen LogP contribution < -0.4 is 10.6 Å². The Morgan fingerprint density at radius 2 is 1.80 bits per heavy atom. The van der Waals surface area contributed by atoms with E-state index in [1.165, 1.54) is 4.90 Å². The summed E-state index contributed by atoms with van der Waals surface area (Å²) in [5, 5.41) is 15.9. The minimum atomic E-state index is -1.16. The molecule has 3 aliphatic heterocycles. The normalized spacial score (nSPS) is 30.9. The van der Waals surface area contributed by atoms with Gasteiger partial charge in [0.2, 0.25) is 17.7 Å². The van der Waals surface area contributed by atoms with E-state index in [4.69, 9.17) is 16.3 Å². The number of benzene rings is 2. The average molecular weight is 498 g/mol. The van der Waals surface area contributed by atoms with E-state index < -0.39 is 35.0 Å². The Hall–Kier alpha value is -2.94. The fraction of sp³-hybridized carbons (Fsp3) is 0.423. The summed E-state index contributed by atoms with van der Waals surface area (Å²) < 4.78 is 6.64. The molecule has 0 saturated carbocycles. The van der Waals surface area contributed by atoms with E-state index >= 15 is 0 Å². The maximum absolute atomic E-state index is 13.8. The number of β-amino-alcohol motifs (C(OH)–C–C–N with tert-alkyl or cyclic N) is 1. The molecule has 5 rings (SSSR count). The van der Waals surface area contributed by atoms with Crippen molar-refractivity contribution in [2.75, 3.05) is 23.8 Å². The van der Waals surface area contributed by atoms with Gasteiger partial charge in [0, 0.05) is 12.2 Å². The Labute approximate surface area is 208 Å². The number of anilines is 2. The minimum absolute atomic E-state index is 0.0345. The highest BCUT2D eigenvalue weighted by Crippen LogP contribution is 2.64. The minimum Gasteiger partial charge on any atom is -0.395 e. The summed E-state index contributed by atoms with van der Waals surface area (Å²) in [6, 6.07) is 14.9. The molecule has 3 aliphatic rings. The number of ether oxygens (including phenoxy) is 1. The average Bonchev–Trinajstić information content (AvgIpc) is 3.45. The predicted molar refractivity (Wildman–Crippen MR) is 131 cm³/mol. The molecule has 0 aliphatic carbocycles. The van der Waals surface area contributed by atoms with Gasteiger partial charge in [-0.25, -0.2) is 0 Å². The largest absolute Gasteiger partial charge is 0.395 e. The van der Waals surface area contributed by atoms with Crippen LogP contribution in [0.15, 0.2) is 54.6 Å². The number of aliphatic hydroxyl groups is 1. The zero-order valence-corrected chi connectivity index (χ0v) is 20.1. The van der Waals surface area contributed by atoms with Gasteiger partial charge in [-0.1, -0.05) is 48.9 Å².